The summed E-state index contributed by atoms with van der Waals surface area (Å²) in [5.74, 6) is 1.50. The highest BCUT2D eigenvalue weighted by atomic mass is 16.5. The van der Waals surface area contributed by atoms with Gasteiger partial charge in [0.05, 0.1) is 33.5 Å². The van der Waals surface area contributed by atoms with Gasteiger partial charge in [-0.2, -0.15) is 0 Å². The van der Waals surface area contributed by atoms with E-state index in [1.165, 1.54) is 49.7 Å². The fourth-order valence-corrected chi connectivity index (χ4v) is 11.1. The van der Waals surface area contributed by atoms with Crippen molar-refractivity contribution in [2.24, 2.45) is 0 Å². The van der Waals surface area contributed by atoms with Crippen molar-refractivity contribution in [2.45, 2.75) is 5.41 Å². The van der Waals surface area contributed by atoms with Gasteiger partial charge in [-0.25, -0.2) is 0 Å². The molecule has 0 saturated carbocycles. The van der Waals surface area contributed by atoms with Crippen LogP contribution in [0.5, 0.6) is 11.5 Å². The number of nitrogens with zero attached hydrogens (tertiary/aromatic N) is 2. The van der Waals surface area contributed by atoms with Gasteiger partial charge in [-0.05, 0) is 116 Å². The van der Waals surface area contributed by atoms with Crippen LogP contribution in [0.4, 0.5) is 17.1 Å². The van der Waals surface area contributed by atoms with E-state index in [1.807, 2.05) is 0 Å². The Morgan fingerprint density at radius 1 is 0.329 bits per heavy atom. The van der Waals surface area contributed by atoms with Gasteiger partial charge in [0.15, 0.2) is 0 Å². The molecule has 3 heteroatoms. The molecule has 70 heavy (non-hydrogen) atoms. The number of anilines is 3. The molecule has 13 rings (SSSR count). The van der Waals surface area contributed by atoms with E-state index >= 15 is 0 Å². The third-order valence-corrected chi connectivity index (χ3v) is 14.1. The Balaban J connectivity index is 1.02. The van der Waals surface area contributed by atoms with Gasteiger partial charge in [-0.1, -0.05) is 212 Å². The number of ether oxygens (including phenoxy) is 1. The maximum atomic E-state index is 7.26. The van der Waals surface area contributed by atoms with Crippen LogP contribution in [-0.4, -0.2) is 4.57 Å². The van der Waals surface area contributed by atoms with Gasteiger partial charge >= 0.3 is 0 Å². The maximum absolute atomic E-state index is 7.26. The zero-order valence-corrected chi connectivity index (χ0v) is 38.4. The summed E-state index contributed by atoms with van der Waals surface area (Å²) < 4.78 is 9.67. The minimum Gasteiger partial charge on any atom is -0.457 e. The Labute approximate surface area is 408 Å². The highest BCUT2D eigenvalue weighted by molar-refractivity contribution is 6.10. The van der Waals surface area contributed by atoms with Crippen molar-refractivity contribution in [3.8, 4) is 50.6 Å². The highest BCUT2D eigenvalue weighted by Gasteiger charge is 2.46. The minimum atomic E-state index is -0.551. The molecule has 0 N–H and O–H groups in total. The van der Waals surface area contributed by atoms with Crippen molar-refractivity contribution < 1.29 is 4.74 Å². The van der Waals surface area contributed by atoms with Gasteiger partial charge in [0.1, 0.15) is 11.5 Å². The van der Waals surface area contributed by atoms with Crippen molar-refractivity contribution in [1.82, 2.24) is 4.57 Å². The molecular formula is C67H46N2O. The molecule has 0 aliphatic heterocycles. The normalized spacial score (nSPS) is 12.4. The van der Waals surface area contributed by atoms with E-state index in [1.54, 1.807) is 0 Å². The molecular weight excluding hydrogens is 849 g/mol. The summed E-state index contributed by atoms with van der Waals surface area (Å²) in [6.07, 6.45) is 0. The average molecular weight is 895 g/mol. The molecule has 0 atom stereocenters. The SMILES string of the molecule is c1ccc(-c2ccc(N(c3cc(Oc4ccc5c(c4)C(c4ccccc4)(c4ccccc4)c4ccccc4-5)cc(-c4ccccc4)c3)c3ccccc3-n3c4ccccc4c4ccccc43)cc2)cc1. The lowest BCUT2D eigenvalue weighted by atomic mass is 9.68. The third-order valence-electron chi connectivity index (χ3n) is 14.1. The summed E-state index contributed by atoms with van der Waals surface area (Å²) in [5.41, 5.74) is 17.7. The number of para-hydroxylation sites is 4. The molecule has 0 fully saturated rings. The minimum absolute atomic E-state index is 0.551. The summed E-state index contributed by atoms with van der Waals surface area (Å²) in [6.45, 7) is 0. The first-order valence-corrected chi connectivity index (χ1v) is 24.0. The van der Waals surface area contributed by atoms with E-state index in [0.717, 1.165) is 62.0 Å². The van der Waals surface area contributed by atoms with E-state index in [-0.39, 0.29) is 0 Å². The number of hydrogen-bond donors (Lipinski definition) is 0. The second kappa shape index (κ2) is 17.2. The Kier molecular flexibility index (Phi) is 10.1. The first kappa shape index (κ1) is 41.0. The molecule has 330 valence electrons. The second-order valence-corrected chi connectivity index (χ2v) is 18.0. The first-order chi connectivity index (χ1) is 34.7. The van der Waals surface area contributed by atoms with Gasteiger partial charge in [0, 0.05) is 22.5 Å². The number of hydrogen-bond acceptors (Lipinski definition) is 2. The summed E-state index contributed by atoms with van der Waals surface area (Å²) >= 11 is 0. The van der Waals surface area contributed by atoms with Crippen LogP contribution in [0.2, 0.25) is 0 Å². The zero-order chi connectivity index (χ0) is 46.4. The van der Waals surface area contributed by atoms with Gasteiger partial charge < -0.3 is 14.2 Å². The van der Waals surface area contributed by atoms with E-state index in [2.05, 4.69) is 289 Å². The van der Waals surface area contributed by atoms with Crippen molar-refractivity contribution in [3.05, 3.63) is 301 Å². The zero-order valence-electron chi connectivity index (χ0n) is 38.4. The van der Waals surface area contributed by atoms with Gasteiger partial charge in [-0.15, -0.1) is 0 Å². The molecule has 0 bridgehead atoms. The van der Waals surface area contributed by atoms with E-state index in [9.17, 15) is 0 Å². The molecule has 1 heterocycles. The monoisotopic (exact) mass is 894 g/mol. The molecule has 1 aliphatic carbocycles. The number of rotatable bonds is 10. The summed E-state index contributed by atoms with van der Waals surface area (Å²) in [4.78, 5) is 2.39. The Morgan fingerprint density at radius 2 is 0.843 bits per heavy atom. The molecule has 0 spiro atoms. The fourth-order valence-electron chi connectivity index (χ4n) is 11.1. The van der Waals surface area contributed by atoms with Crippen molar-refractivity contribution in [2.75, 3.05) is 4.90 Å². The van der Waals surface area contributed by atoms with Crippen molar-refractivity contribution in [3.63, 3.8) is 0 Å². The Morgan fingerprint density at radius 3 is 1.50 bits per heavy atom. The third kappa shape index (κ3) is 6.82. The van der Waals surface area contributed by atoms with Crippen molar-refractivity contribution in [1.29, 1.82) is 0 Å². The predicted molar refractivity (Wildman–Crippen MR) is 290 cm³/mol. The van der Waals surface area contributed by atoms with E-state index in [4.69, 9.17) is 4.74 Å². The van der Waals surface area contributed by atoms with Crippen molar-refractivity contribution >= 4 is 38.9 Å². The first-order valence-electron chi connectivity index (χ1n) is 24.0. The Bertz CT molecular complexity index is 3750. The second-order valence-electron chi connectivity index (χ2n) is 18.0. The smallest absolute Gasteiger partial charge is 0.130 e. The molecule has 0 amide bonds. The number of aromatic nitrogens is 1. The predicted octanol–water partition coefficient (Wildman–Crippen LogP) is 17.7. The molecule has 3 nitrogen and oxygen atoms in total. The quantitative estimate of drug-likeness (QED) is 0.136. The Hall–Kier alpha value is -9.18. The standard InChI is InChI=1S/C67H46N2O/c1-5-21-47(22-6-1)49-37-39-53(40-38-49)68(65-35-19-20-36-66(65)69-63-33-17-14-30-59(63)60-31-15-18-34-64(60)69)54-43-50(48-23-7-2-8-24-48)44-56(45-54)70-55-41-42-58-57-29-13-16-32-61(57)67(62(58)46-55,51-25-9-3-10-26-51)52-27-11-4-12-28-52/h1-46H. The van der Waals surface area contributed by atoms with Gasteiger partial charge in [0.2, 0.25) is 0 Å². The van der Waals surface area contributed by atoms with Crippen LogP contribution >= 0.6 is 0 Å². The molecule has 0 unspecified atom stereocenters. The summed E-state index contributed by atoms with van der Waals surface area (Å²) in [6, 6.07) is 100. The molecule has 1 aliphatic rings. The molecule has 0 radical (unpaired) electrons. The maximum Gasteiger partial charge on any atom is 0.130 e. The lowest BCUT2D eigenvalue weighted by molar-refractivity contribution is 0.482. The molecule has 12 aromatic rings. The highest BCUT2D eigenvalue weighted by Crippen LogP contribution is 2.57. The lowest BCUT2D eigenvalue weighted by Gasteiger charge is -2.34. The van der Waals surface area contributed by atoms with E-state index in [0.29, 0.717) is 0 Å². The number of benzene rings is 11. The average Bonchev–Trinajstić information content (AvgIpc) is 3.93. The summed E-state index contributed by atoms with van der Waals surface area (Å²) in [5, 5.41) is 2.43. The molecule has 0 saturated heterocycles. The van der Waals surface area contributed by atoms with Crippen LogP contribution in [0.25, 0.3) is 60.9 Å². The van der Waals surface area contributed by atoms with Crippen LogP contribution in [0.15, 0.2) is 279 Å². The topological polar surface area (TPSA) is 17.4 Å². The lowest BCUT2D eigenvalue weighted by Crippen LogP contribution is -2.28. The van der Waals surface area contributed by atoms with Crippen LogP contribution < -0.4 is 9.64 Å². The van der Waals surface area contributed by atoms with Crippen LogP contribution in [0, 0.1) is 0 Å². The largest absolute Gasteiger partial charge is 0.457 e. The number of fused-ring (bicyclic) bond motifs is 6. The van der Waals surface area contributed by atoms with Crippen LogP contribution in [0.1, 0.15) is 22.3 Å². The fraction of sp³-hybridized carbons (Fsp3) is 0.0149. The van der Waals surface area contributed by atoms with Gasteiger partial charge in [0.25, 0.3) is 0 Å². The summed E-state index contributed by atoms with van der Waals surface area (Å²) in [7, 11) is 0. The molecule has 11 aromatic carbocycles. The van der Waals surface area contributed by atoms with E-state index < -0.39 is 5.41 Å². The van der Waals surface area contributed by atoms with Gasteiger partial charge in [-0.3, -0.25) is 0 Å². The molecule has 1 aromatic heterocycles. The van der Waals surface area contributed by atoms with Crippen LogP contribution in [0.3, 0.4) is 0 Å². The van der Waals surface area contributed by atoms with Crippen LogP contribution in [-0.2, 0) is 5.41 Å².